The summed E-state index contributed by atoms with van der Waals surface area (Å²) in [4.78, 5) is 40.8. The van der Waals surface area contributed by atoms with Crippen molar-refractivity contribution in [2.24, 2.45) is 30.2 Å². The van der Waals surface area contributed by atoms with Crippen LogP contribution in [0.1, 0.15) is 87.7 Å². The smallest absolute Gasteiger partial charge is 0.270 e. The standard InChI is InChI=1S/C33H45N5O4/c1-21(22-6-4-7-22)35-31(41)33(17-19-42-20-33)24-10-12-25(13-11-24)36-30(40)28(37-29(39)26-14-18-34-38(26)3)27(23-8-5-9-23)32(2)15-16-32/h10-14,18,21-23,27-28H,4-9,15-17,19-20H2,1-3H3,(H,35,41)(H,36,40)(H,37,39)/t21-,27?,28+,33?/m1/s1. The van der Waals surface area contributed by atoms with Gasteiger partial charge in [-0.2, -0.15) is 5.10 Å². The van der Waals surface area contributed by atoms with Crippen LogP contribution in [0.15, 0.2) is 36.5 Å². The number of carbonyl (C=O) groups is 3. The van der Waals surface area contributed by atoms with Gasteiger partial charge in [0.05, 0.1) is 12.0 Å². The van der Waals surface area contributed by atoms with Crippen LogP contribution in [-0.4, -0.2) is 52.8 Å². The fourth-order valence-corrected chi connectivity index (χ4v) is 7.30. The highest BCUT2D eigenvalue weighted by atomic mass is 16.5. The van der Waals surface area contributed by atoms with Crippen molar-refractivity contribution in [1.29, 1.82) is 0 Å². The van der Waals surface area contributed by atoms with Crippen molar-refractivity contribution < 1.29 is 19.1 Å². The molecule has 226 valence electrons. The highest BCUT2D eigenvalue weighted by Gasteiger charge is 2.54. The lowest BCUT2D eigenvalue weighted by Gasteiger charge is -2.42. The van der Waals surface area contributed by atoms with Gasteiger partial charge in [-0.1, -0.05) is 44.7 Å². The number of aryl methyl sites for hydroxylation is 1. The Kier molecular flexibility index (Phi) is 7.89. The lowest BCUT2D eigenvalue weighted by atomic mass is 9.66. The molecule has 4 atom stereocenters. The number of hydrogen-bond acceptors (Lipinski definition) is 5. The average molecular weight is 576 g/mol. The fraction of sp³-hybridized carbons (Fsp3) is 0.636. The number of ether oxygens (including phenoxy) is 1. The van der Waals surface area contributed by atoms with Gasteiger partial charge in [0, 0.05) is 31.6 Å². The van der Waals surface area contributed by atoms with Crippen molar-refractivity contribution in [2.45, 2.75) is 89.1 Å². The number of hydrogen-bond donors (Lipinski definition) is 3. The molecule has 1 aromatic carbocycles. The molecule has 0 radical (unpaired) electrons. The molecule has 3 aliphatic carbocycles. The molecule has 9 heteroatoms. The normalized spacial score (nSPS) is 25.4. The summed E-state index contributed by atoms with van der Waals surface area (Å²) in [6, 6.07) is 8.78. The zero-order valence-corrected chi connectivity index (χ0v) is 25.2. The molecule has 2 heterocycles. The number of benzene rings is 1. The van der Waals surface area contributed by atoms with Crippen molar-refractivity contribution in [3.05, 3.63) is 47.8 Å². The first kappa shape index (κ1) is 28.9. The zero-order valence-electron chi connectivity index (χ0n) is 25.2. The third-order valence-corrected chi connectivity index (χ3v) is 10.9. The van der Waals surface area contributed by atoms with Crippen LogP contribution < -0.4 is 16.0 Å². The molecule has 2 unspecified atom stereocenters. The fourth-order valence-electron chi connectivity index (χ4n) is 7.30. The summed E-state index contributed by atoms with van der Waals surface area (Å²) >= 11 is 0. The molecule has 3 N–H and O–H groups in total. The number of rotatable bonds is 11. The first-order chi connectivity index (χ1) is 20.2. The third kappa shape index (κ3) is 5.48. The van der Waals surface area contributed by atoms with Crippen molar-refractivity contribution in [3.8, 4) is 0 Å². The first-order valence-corrected chi connectivity index (χ1v) is 15.8. The van der Waals surface area contributed by atoms with Crippen LogP contribution in [0.2, 0.25) is 0 Å². The van der Waals surface area contributed by atoms with Crippen LogP contribution in [0.25, 0.3) is 0 Å². The zero-order chi connectivity index (χ0) is 29.5. The number of amides is 3. The number of anilines is 1. The quantitative estimate of drug-likeness (QED) is 0.369. The monoisotopic (exact) mass is 575 g/mol. The van der Waals surface area contributed by atoms with Crippen LogP contribution in [-0.2, 0) is 26.8 Å². The van der Waals surface area contributed by atoms with Gasteiger partial charge in [-0.15, -0.1) is 0 Å². The van der Waals surface area contributed by atoms with E-state index in [9.17, 15) is 14.4 Å². The van der Waals surface area contributed by atoms with E-state index in [1.807, 2.05) is 24.3 Å². The van der Waals surface area contributed by atoms with Gasteiger partial charge in [0.1, 0.15) is 11.7 Å². The van der Waals surface area contributed by atoms with Gasteiger partial charge >= 0.3 is 0 Å². The highest BCUT2D eigenvalue weighted by Crippen LogP contribution is 2.58. The van der Waals surface area contributed by atoms with E-state index < -0.39 is 11.5 Å². The maximum atomic E-state index is 14.0. The molecule has 2 aromatic rings. The lowest BCUT2D eigenvalue weighted by Crippen LogP contribution is -2.54. The predicted octanol–water partition coefficient (Wildman–Crippen LogP) is 4.34. The second kappa shape index (κ2) is 11.5. The molecule has 0 bridgehead atoms. The third-order valence-electron chi connectivity index (χ3n) is 10.9. The molecule has 0 spiro atoms. The van der Waals surface area contributed by atoms with Crippen LogP contribution in [0.5, 0.6) is 0 Å². The van der Waals surface area contributed by atoms with Gasteiger partial charge in [0.2, 0.25) is 11.8 Å². The van der Waals surface area contributed by atoms with Gasteiger partial charge in [0.15, 0.2) is 0 Å². The Morgan fingerprint density at radius 1 is 0.976 bits per heavy atom. The minimum Gasteiger partial charge on any atom is -0.380 e. The van der Waals surface area contributed by atoms with E-state index in [0.29, 0.717) is 42.9 Å². The molecule has 3 amide bonds. The SMILES string of the molecule is C[C@@H](NC(=O)C1(c2ccc(NC(=O)[C@@H](NC(=O)c3ccnn3C)C(C3CCC3)C3(C)CC3)cc2)CCOC1)C1CCC1. The van der Waals surface area contributed by atoms with Crippen LogP contribution >= 0.6 is 0 Å². The van der Waals surface area contributed by atoms with Crippen molar-refractivity contribution in [3.63, 3.8) is 0 Å². The van der Waals surface area contributed by atoms with E-state index in [0.717, 1.165) is 31.2 Å². The van der Waals surface area contributed by atoms with Gasteiger partial charge < -0.3 is 20.7 Å². The Morgan fingerprint density at radius 3 is 2.19 bits per heavy atom. The summed E-state index contributed by atoms with van der Waals surface area (Å²) in [5.74, 6) is 0.584. The Balaban J connectivity index is 1.20. The number of nitrogens with zero attached hydrogens (tertiary/aromatic N) is 2. The maximum Gasteiger partial charge on any atom is 0.270 e. The number of nitrogens with one attached hydrogen (secondary N) is 3. The first-order valence-electron chi connectivity index (χ1n) is 15.8. The molecule has 9 nitrogen and oxygen atoms in total. The summed E-state index contributed by atoms with van der Waals surface area (Å²) in [6.45, 7) is 5.25. The summed E-state index contributed by atoms with van der Waals surface area (Å²) < 4.78 is 7.28. The minimum absolute atomic E-state index is 0.0233. The summed E-state index contributed by atoms with van der Waals surface area (Å²) in [5, 5.41) is 13.6. The summed E-state index contributed by atoms with van der Waals surface area (Å²) in [5.41, 5.74) is 1.30. The molecule has 4 aliphatic rings. The minimum atomic E-state index is -0.726. The molecule has 1 saturated heterocycles. The van der Waals surface area contributed by atoms with E-state index >= 15 is 0 Å². The maximum absolute atomic E-state index is 14.0. The van der Waals surface area contributed by atoms with Gasteiger partial charge in [-0.25, -0.2) is 0 Å². The molecule has 6 rings (SSSR count). The molecule has 4 fully saturated rings. The Morgan fingerprint density at radius 2 is 1.67 bits per heavy atom. The van der Waals surface area contributed by atoms with Gasteiger partial charge in [-0.3, -0.25) is 19.1 Å². The Bertz CT molecular complexity index is 1300. The van der Waals surface area contributed by atoms with Gasteiger partial charge in [0.25, 0.3) is 5.91 Å². The topological polar surface area (TPSA) is 114 Å². The number of aromatic nitrogens is 2. The average Bonchev–Trinajstić information content (AvgIpc) is 3.26. The summed E-state index contributed by atoms with van der Waals surface area (Å²) in [6.07, 6.45) is 11.3. The van der Waals surface area contributed by atoms with E-state index in [2.05, 4.69) is 34.9 Å². The second-order valence-electron chi connectivity index (χ2n) is 13.6. The summed E-state index contributed by atoms with van der Waals surface area (Å²) in [7, 11) is 1.73. The molecule has 1 aliphatic heterocycles. The van der Waals surface area contributed by atoms with Crippen molar-refractivity contribution in [2.75, 3.05) is 18.5 Å². The Hall–Kier alpha value is -3.20. The second-order valence-corrected chi connectivity index (χ2v) is 13.6. The number of carbonyl (C=O) groups excluding carboxylic acids is 3. The van der Waals surface area contributed by atoms with E-state index in [-0.39, 0.29) is 35.1 Å². The molecule has 1 aromatic heterocycles. The van der Waals surface area contributed by atoms with E-state index in [4.69, 9.17) is 4.74 Å². The van der Waals surface area contributed by atoms with Crippen LogP contribution in [0.3, 0.4) is 0 Å². The highest BCUT2D eigenvalue weighted by molar-refractivity contribution is 6.01. The van der Waals surface area contributed by atoms with Crippen molar-refractivity contribution >= 4 is 23.4 Å². The van der Waals surface area contributed by atoms with Gasteiger partial charge in [-0.05, 0) is 86.0 Å². The van der Waals surface area contributed by atoms with Crippen LogP contribution in [0, 0.1) is 23.2 Å². The molecular weight excluding hydrogens is 530 g/mol. The van der Waals surface area contributed by atoms with E-state index in [1.165, 1.54) is 30.4 Å². The predicted molar refractivity (Wildman–Crippen MR) is 160 cm³/mol. The van der Waals surface area contributed by atoms with Crippen LogP contribution in [0.4, 0.5) is 5.69 Å². The largest absolute Gasteiger partial charge is 0.380 e. The van der Waals surface area contributed by atoms with E-state index in [1.54, 1.807) is 19.3 Å². The molecule has 42 heavy (non-hydrogen) atoms. The van der Waals surface area contributed by atoms with Crippen molar-refractivity contribution in [1.82, 2.24) is 20.4 Å². The lowest BCUT2D eigenvalue weighted by molar-refractivity contribution is -0.128. The molecular formula is C33H45N5O4. The Labute approximate surface area is 248 Å². The molecule has 3 saturated carbocycles.